The van der Waals surface area contributed by atoms with Crippen molar-refractivity contribution in [1.82, 2.24) is 25.1 Å². The van der Waals surface area contributed by atoms with Crippen molar-refractivity contribution >= 4 is 40.4 Å². The van der Waals surface area contributed by atoms with Gasteiger partial charge >= 0.3 is 5.88 Å². The van der Waals surface area contributed by atoms with Gasteiger partial charge in [-0.25, -0.2) is 14.6 Å². The SMILES string of the molecule is CCSc1nc(N2CCCCC2)c2cnn(CCNC(=O)c3ccc([N+](=O)[O-])o3)c2n1. The number of aromatic nitrogens is 4. The zero-order valence-corrected chi connectivity index (χ0v) is 17.9. The number of piperidine rings is 1. The van der Waals surface area contributed by atoms with E-state index in [1.165, 1.54) is 12.5 Å². The third-order valence-electron chi connectivity index (χ3n) is 4.99. The molecule has 3 aromatic heterocycles. The molecule has 31 heavy (non-hydrogen) atoms. The van der Waals surface area contributed by atoms with Crippen LogP contribution >= 0.6 is 11.8 Å². The Morgan fingerprint density at radius 1 is 1.29 bits per heavy atom. The molecule has 3 aromatic rings. The van der Waals surface area contributed by atoms with Crippen molar-refractivity contribution in [3.63, 3.8) is 0 Å². The maximum atomic E-state index is 12.2. The number of hydrogen-bond donors (Lipinski definition) is 1. The first-order valence-electron chi connectivity index (χ1n) is 10.2. The maximum absolute atomic E-state index is 12.2. The number of anilines is 1. The van der Waals surface area contributed by atoms with Crippen molar-refractivity contribution in [3.8, 4) is 0 Å². The van der Waals surface area contributed by atoms with E-state index in [1.54, 1.807) is 22.6 Å². The summed E-state index contributed by atoms with van der Waals surface area (Å²) in [5.41, 5.74) is 0.731. The summed E-state index contributed by atoms with van der Waals surface area (Å²) in [6, 6.07) is 2.44. The number of fused-ring (bicyclic) bond motifs is 1. The predicted octanol–water partition coefficient (Wildman–Crippen LogP) is 2.86. The van der Waals surface area contributed by atoms with E-state index in [-0.39, 0.29) is 12.3 Å². The number of carbonyl (C=O) groups is 1. The number of carbonyl (C=O) groups excluding carboxylic acids is 1. The highest BCUT2D eigenvalue weighted by Gasteiger charge is 2.20. The van der Waals surface area contributed by atoms with Crippen LogP contribution in [0.25, 0.3) is 11.0 Å². The molecule has 0 unspecified atom stereocenters. The molecule has 0 atom stereocenters. The highest BCUT2D eigenvalue weighted by atomic mass is 32.2. The third-order valence-corrected chi connectivity index (χ3v) is 5.72. The molecule has 164 valence electrons. The van der Waals surface area contributed by atoms with E-state index in [2.05, 4.69) is 27.2 Å². The van der Waals surface area contributed by atoms with Crippen LogP contribution in [0.4, 0.5) is 11.7 Å². The molecule has 0 spiro atoms. The van der Waals surface area contributed by atoms with E-state index in [0.717, 1.165) is 54.6 Å². The quantitative estimate of drug-likeness (QED) is 0.240. The monoisotopic (exact) mass is 445 g/mol. The number of nitrogens with zero attached hydrogens (tertiary/aromatic N) is 6. The minimum atomic E-state index is -0.682. The Bertz CT molecular complexity index is 1090. The lowest BCUT2D eigenvalue weighted by molar-refractivity contribution is -0.402. The molecule has 0 radical (unpaired) electrons. The summed E-state index contributed by atoms with van der Waals surface area (Å²) in [6.45, 7) is 4.66. The average molecular weight is 446 g/mol. The van der Waals surface area contributed by atoms with Gasteiger partial charge < -0.3 is 14.6 Å². The highest BCUT2D eigenvalue weighted by Crippen LogP contribution is 2.29. The molecule has 11 nitrogen and oxygen atoms in total. The van der Waals surface area contributed by atoms with Crippen LogP contribution in [-0.2, 0) is 6.54 Å². The van der Waals surface area contributed by atoms with Gasteiger partial charge in [0.15, 0.2) is 16.6 Å². The van der Waals surface area contributed by atoms with Crippen LogP contribution in [0.3, 0.4) is 0 Å². The second-order valence-electron chi connectivity index (χ2n) is 7.07. The van der Waals surface area contributed by atoms with E-state index in [0.29, 0.717) is 11.7 Å². The van der Waals surface area contributed by atoms with E-state index in [9.17, 15) is 14.9 Å². The van der Waals surface area contributed by atoms with Gasteiger partial charge in [0.25, 0.3) is 5.91 Å². The number of nitro groups is 1. The van der Waals surface area contributed by atoms with Crippen LogP contribution in [0.1, 0.15) is 36.7 Å². The molecule has 4 heterocycles. The molecule has 1 saturated heterocycles. The Hall–Kier alpha value is -3.15. The van der Waals surface area contributed by atoms with Gasteiger partial charge in [-0.3, -0.25) is 14.9 Å². The molecule has 4 rings (SSSR count). The predicted molar refractivity (Wildman–Crippen MR) is 115 cm³/mol. The summed E-state index contributed by atoms with van der Waals surface area (Å²) in [4.78, 5) is 34.0. The van der Waals surface area contributed by atoms with Crippen molar-refractivity contribution in [2.24, 2.45) is 0 Å². The second-order valence-corrected chi connectivity index (χ2v) is 8.30. The minimum absolute atomic E-state index is 0.103. The summed E-state index contributed by atoms with van der Waals surface area (Å²) in [5, 5.41) is 19.5. The molecular formula is C19H23N7O4S. The highest BCUT2D eigenvalue weighted by molar-refractivity contribution is 7.99. The van der Waals surface area contributed by atoms with Crippen LogP contribution in [0.5, 0.6) is 0 Å². The Balaban J connectivity index is 1.50. The summed E-state index contributed by atoms with van der Waals surface area (Å²) in [7, 11) is 0. The molecule has 0 saturated carbocycles. The largest absolute Gasteiger partial charge is 0.433 e. The van der Waals surface area contributed by atoms with Crippen molar-refractivity contribution in [2.75, 3.05) is 30.3 Å². The molecular weight excluding hydrogens is 422 g/mol. The maximum Gasteiger partial charge on any atom is 0.433 e. The molecule has 0 bridgehead atoms. The first-order chi connectivity index (χ1) is 15.1. The van der Waals surface area contributed by atoms with Crippen LogP contribution in [0, 0.1) is 10.1 Å². The number of furan rings is 1. The molecule has 0 aliphatic carbocycles. The molecule has 0 aromatic carbocycles. The smallest absolute Gasteiger partial charge is 0.395 e. The number of thioether (sulfide) groups is 1. The Morgan fingerprint density at radius 3 is 2.81 bits per heavy atom. The Kier molecular flexibility index (Phi) is 6.35. The fourth-order valence-electron chi connectivity index (χ4n) is 3.54. The lowest BCUT2D eigenvalue weighted by Crippen LogP contribution is -2.30. The van der Waals surface area contributed by atoms with Gasteiger partial charge in [0.1, 0.15) is 10.7 Å². The van der Waals surface area contributed by atoms with Crippen molar-refractivity contribution < 1.29 is 14.1 Å². The zero-order valence-electron chi connectivity index (χ0n) is 17.1. The van der Waals surface area contributed by atoms with Gasteiger partial charge in [-0.05, 0) is 31.1 Å². The van der Waals surface area contributed by atoms with E-state index < -0.39 is 16.7 Å². The first-order valence-corrected chi connectivity index (χ1v) is 11.2. The molecule has 1 aliphatic heterocycles. The normalized spacial score (nSPS) is 14.2. The molecule has 12 heteroatoms. The van der Waals surface area contributed by atoms with Crippen molar-refractivity contribution in [2.45, 2.75) is 37.9 Å². The van der Waals surface area contributed by atoms with Crippen LogP contribution in [0.2, 0.25) is 0 Å². The van der Waals surface area contributed by atoms with Crippen LogP contribution < -0.4 is 10.2 Å². The molecule has 1 amide bonds. The van der Waals surface area contributed by atoms with E-state index in [1.807, 2.05) is 0 Å². The van der Waals surface area contributed by atoms with Gasteiger partial charge in [-0.2, -0.15) is 5.10 Å². The summed E-state index contributed by atoms with van der Waals surface area (Å²) < 4.78 is 6.67. The second kappa shape index (κ2) is 9.33. The van der Waals surface area contributed by atoms with Gasteiger partial charge in [-0.15, -0.1) is 0 Å². The Morgan fingerprint density at radius 2 is 2.10 bits per heavy atom. The van der Waals surface area contributed by atoms with Crippen LogP contribution in [-0.4, -0.2) is 56.0 Å². The van der Waals surface area contributed by atoms with Gasteiger partial charge in [0.2, 0.25) is 0 Å². The summed E-state index contributed by atoms with van der Waals surface area (Å²) in [5.74, 6) is 0.693. The minimum Gasteiger partial charge on any atom is -0.395 e. The van der Waals surface area contributed by atoms with Gasteiger partial charge in [0, 0.05) is 19.6 Å². The average Bonchev–Trinajstić information content (AvgIpc) is 3.42. The summed E-state index contributed by atoms with van der Waals surface area (Å²) in [6.07, 6.45) is 5.30. The van der Waals surface area contributed by atoms with Crippen LogP contribution in [0.15, 0.2) is 27.9 Å². The summed E-state index contributed by atoms with van der Waals surface area (Å²) >= 11 is 1.58. The van der Waals surface area contributed by atoms with Gasteiger partial charge in [-0.1, -0.05) is 18.7 Å². The number of amides is 1. The fraction of sp³-hybridized carbons (Fsp3) is 0.474. The zero-order chi connectivity index (χ0) is 21.8. The molecule has 1 aliphatic rings. The van der Waals surface area contributed by atoms with Gasteiger partial charge in [0.05, 0.1) is 24.2 Å². The lowest BCUT2D eigenvalue weighted by Gasteiger charge is -2.28. The lowest BCUT2D eigenvalue weighted by atomic mass is 10.1. The fourth-order valence-corrected chi connectivity index (χ4v) is 4.10. The third kappa shape index (κ3) is 4.63. The first kappa shape index (κ1) is 21.1. The molecule has 1 N–H and O–H groups in total. The number of nitrogens with one attached hydrogen (secondary N) is 1. The van der Waals surface area contributed by atoms with Crippen molar-refractivity contribution in [1.29, 1.82) is 0 Å². The number of rotatable bonds is 8. The van der Waals surface area contributed by atoms with E-state index in [4.69, 9.17) is 9.40 Å². The molecule has 1 fully saturated rings. The van der Waals surface area contributed by atoms with Crippen molar-refractivity contribution in [3.05, 3.63) is 34.2 Å². The van der Waals surface area contributed by atoms with E-state index >= 15 is 0 Å². The number of hydrogen-bond acceptors (Lipinski definition) is 9. The topological polar surface area (TPSA) is 132 Å². The standard InChI is InChI=1S/C19H23N7O4S/c1-2-31-19-22-16(24-9-4-3-5-10-24)13-12-21-25(17(13)23-19)11-8-20-18(27)14-6-7-15(30-14)26(28)29/h6-7,12H,2-5,8-11H2,1H3,(H,20,27). The Labute approximate surface area is 182 Å².